The summed E-state index contributed by atoms with van der Waals surface area (Å²) in [6.45, 7) is 5.14. The molecule has 7 heteroatoms. The molecule has 1 unspecified atom stereocenters. The van der Waals surface area contributed by atoms with E-state index >= 15 is 0 Å². The van der Waals surface area contributed by atoms with Crippen LogP contribution in [0.15, 0.2) is 42.7 Å². The highest BCUT2D eigenvalue weighted by atomic mass is 19.1. The summed E-state index contributed by atoms with van der Waals surface area (Å²) >= 11 is 0. The minimum absolute atomic E-state index is 0.0901. The standard InChI is InChI=1S/C18H22FN5O/c1-14(17(25)22-13-15-5-2-3-6-16(15)19)23-9-11-24(12-10-23)18-20-7-4-8-21-18/h2-8,14H,9-13H2,1H3,(H,22,25). The number of aromatic nitrogens is 2. The lowest BCUT2D eigenvalue weighted by molar-refractivity contribution is -0.126. The summed E-state index contributed by atoms with van der Waals surface area (Å²) in [5, 5.41) is 2.82. The number of nitrogens with zero attached hydrogens (tertiary/aromatic N) is 4. The lowest BCUT2D eigenvalue weighted by Crippen LogP contribution is -2.54. The van der Waals surface area contributed by atoms with Crippen LogP contribution in [-0.2, 0) is 11.3 Å². The average molecular weight is 343 g/mol. The molecule has 1 aromatic carbocycles. The summed E-state index contributed by atoms with van der Waals surface area (Å²) in [6, 6.07) is 8.01. The first-order valence-electron chi connectivity index (χ1n) is 8.42. The van der Waals surface area contributed by atoms with Crippen LogP contribution in [0.3, 0.4) is 0 Å². The summed E-state index contributed by atoms with van der Waals surface area (Å²) in [4.78, 5) is 25.1. The van der Waals surface area contributed by atoms with Crippen LogP contribution in [0.25, 0.3) is 0 Å². The second-order valence-electron chi connectivity index (χ2n) is 6.06. The number of halogens is 1. The molecule has 1 fully saturated rings. The number of anilines is 1. The number of rotatable bonds is 5. The third-order valence-electron chi connectivity index (χ3n) is 4.49. The molecule has 0 spiro atoms. The number of nitrogens with one attached hydrogen (secondary N) is 1. The summed E-state index contributed by atoms with van der Waals surface area (Å²) in [5.74, 6) is 0.332. The van der Waals surface area contributed by atoms with Crippen LogP contribution in [0.1, 0.15) is 12.5 Å². The number of hydrogen-bond acceptors (Lipinski definition) is 5. The third kappa shape index (κ3) is 4.30. The summed E-state index contributed by atoms with van der Waals surface area (Å²) in [6.07, 6.45) is 3.46. The van der Waals surface area contributed by atoms with Crippen LogP contribution in [0, 0.1) is 5.82 Å². The van der Waals surface area contributed by atoms with Gasteiger partial charge in [-0.25, -0.2) is 14.4 Å². The molecular weight excluding hydrogens is 321 g/mol. The molecule has 1 N–H and O–H groups in total. The zero-order valence-electron chi connectivity index (χ0n) is 14.2. The molecule has 1 aliphatic heterocycles. The Morgan fingerprint density at radius 2 is 1.84 bits per heavy atom. The van der Waals surface area contributed by atoms with Gasteiger partial charge in [0.15, 0.2) is 0 Å². The Balaban J connectivity index is 1.49. The molecule has 25 heavy (non-hydrogen) atoms. The van der Waals surface area contributed by atoms with Gasteiger partial charge in [0, 0.05) is 50.7 Å². The van der Waals surface area contributed by atoms with Crippen LogP contribution >= 0.6 is 0 Å². The van der Waals surface area contributed by atoms with Crippen molar-refractivity contribution in [3.05, 3.63) is 54.1 Å². The van der Waals surface area contributed by atoms with Crippen molar-refractivity contribution >= 4 is 11.9 Å². The van der Waals surface area contributed by atoms with Gasteiger partial charge in [0.1, 0.15) is 5.82 Å². The van der Waals surface area contributed by atoms with Crippen molar-refractivity contribution in [2.45, 2.75) is 19.5 Å². The Morgan fingerprint density at radius 3 is 2.52 bits per heavy atom. The highest BCUT2D eigenvalue weighted by molar-refractivity contribution is 5.81. The molecule has 2 heterocycles. The van der Waals surface area contributed by atoms with Crippen molar-refractivity contribution in [2.24, 2.45) is 0 Å². The van der Waals surface area contributed by atoms with Gasteiger partial charge >= 0.3 is 0 Å². The Kier molecular flexibility index (Phi) is 5.55. The SMILES string of the molecule is CC(C(=O)NCc1ccccc1F)N1CCN(c2ncccn2)CC1. The van der Waals surface area contributed by atoms with Crippen molar-refractivity contribution in [1.29, 1.82) is 0 Å². The van der Waals surface area contributed by atoms with Crippen molar-refractivity contribution in [1.82, 2.24) is 20.2 Å². The fourth-order valence-electron chi connectivity index (χ4n) is 2.90. The average Bonchev–Trinajstić information content (AvgIpc) is 2.67. The second-order valence-corrected chi connectivity index (χ2v) is 6.06. The summed E-state index contributed by atoms with van der Waals surface area (Å²) in [7, 11) is 0. The number of piperazine rings is 1. The van der Waals surface area contributed by atoms with E-state index in [-0.39, 0.29) is 24.3 Å². The number of benzene rings is 1. The Morgan fingerprint density at radius 1 is 1.16 bits per heavy atom. The van der Waals surface area contributed by atoms with Crippen LogP contribution in [0.2, 0.25) is 0 Å². The van der Waals surface area contributed by atoms with Gasteiger partial charge in [0.25, 0.3) is 0 Å². The third-order valence-corrected chi connectivity index (χ3v) is 4.49. The van der Waals surface area contributed by atoms with Crippen LogP contribution in [-0.4, -0.2) is 53.0 Å². The minimum atomic E-state index is -0.299. The number of amides is 1. The molecular formula is C18H22FN5O. The normalized spacial score (nSPS) is 16.5. The second kappa shape index (κ2) is 8.02. The first kappa shape index (κ1) is 17.3. The first-order chi connectivity index (χ1) is 12.1. The van der Waals surface area contributed by atoms with Gasteiger partial charge < -0.3 is 10.2 Å². The van der Waals surface area contributed by atoms with Crippen LogP contribution in [0.4, 0.5) is 10.3 Å². The molecule has 1 aliphatic rings. The fraction of sp³-hybridized carbons (Fsp3) is 0.389. The van der Waals surface area contributed by atoms with Gasteiger partial charge in [0.05, 0.1) is 6.04 Å². The predicted molar refractivity (Wildman–Crippen MR) is 93.5 cm³/mol. The van der Waals surface area contributed by atoms with E-state index in [1.165, 1.54) is 6.07 Å². The monoisotopic (exact) mass is 343 g/mol. The fourth-order valence-corrected chi connectivity index (χ4v) is 2.90. The van der Waals surface area contributed by atoms with E-state index in [1.807, 2.05) is 6.92 Å². The first-order valence-corrected chi connectivity index (χ1v) is 8.42. The Labute approximate surface area is 146 Å². The maximum atomic E-state index is 13.6. The summed E-state index contributed by atoms with van der Waals surface area (Å²) < 4.78 is 13.6. The van der Waals surface area contributed by atoms with Crippen molar-refractivity contribution in [3.8, 4) is 0 Å². The zero-order chi connectivity index (χ0) is 17.6. The van der Waals surface area contributed by atoms with E-state index in [4.69, 9.17) is 0 Å². The quantitative estimate of drug-likeness (QED) is 0.890. The van der Waals surface area contributed by atoms with E-state index in [0.717, 1.165) is 32.1 Å². The van der Waals surface area contributed by atoms with Gasteiger partial charge in [0.2, 0.25) is 11.9 Å². The molecule has 2 aromatic rings. The van der Waals surface area contributed by atoms with E-state index in [2.05, 4.69) is 25.1 Å². The van der Waals surface area contributed by atoms with E-state index in [0.29, 0.717) is 5.56 Å². The molecule has 0 aliphatic carbocycles. The molecule has 132 valence electrons. The van der Waals surface area contributed by atoms with E-state index in [9.17, 15) is 9.18 Å². The summed E-state index contributed by atoms with van der Waals surface area (Å²) in [5.41, 5.74) is 0.495. The molecule has 0 bridgehead atoms. The van der Waals surface area contributed by atoms with E-state index in [1.54, 1.807) is 36.7 Å². The number of carbonyl (C=O) groups is 1. The molecule has 1 saturated heterocycles. The molecule has 1 amide bonds. The Hall–Kier alpha value is -2.54. The molecule has 1 atom stereocenters. The van der Waals surface area contributed by atoms with Crippen LogP contribution in [0.5, 0.6) is 0 Å². The maximum Gasteiger partial charge on any atom is 0.237 e. The van der Waals surface area contributed by atoms with Crippen molar-refractivity contribution in [3.63, 3.8) is 0 Å². The van der Waals surface area contributed by atoms with Crippen LogP contribution < -0.4 is 10.2 Å². The highest BCUT2D eigenvalue weighted by Gasteiger charge is 2.26. The molecule has 0 saturated carbocycles. The number of carbonyl (C=O) groups excluding carboxylic acids is 1. The van der Waals surface area contributed by atoms with Gasteiger partial charge in [-0.2, -0.15) is 0 Å². The Bertz CT molecular complexity index is 704. The maximum absolute atomic E-state index is 13.6. The lowest BCUT2D eigenvalue weighted by Gasteiger charge is -2.37. The minimum Gasteiger partial charge on any atom is -0.351 e. The van der Waals surface area contributed by atoms with Crippen molar-refractivity contribution < 1.29 is 9.18 Å². The molecule has 1 aromatic heterocycles. The predicted octanol–water partition coefficient (Wildman–Crippen LogP) is 1.44. The largest absolute Gasteiger partial charge is 0.351 e. The molecule has 0 radical (unpaired) electrons. The lowest BCUT2D eigenvalue weighted by atomic mass is 10.2. The molecule has 3 rings (SSSR count). The number of hydrogen-bond donors (Lipinski definition) is 1. The topological polar surface area (TPSA) is 61.4 Å². The van der Waals surface area contributed by atoms with E-state index < -0.39 is 0 Å². The molecule has 6 nitrogen and oxygen atoms in total. The van der Waals surface area contributed by atoms with Crippen molar-refractivity contribution in [2.75, 3.05) is 31.1 Å². The smallest absolute Gasteiger partial charge is 0.237 e. The van der Waals surface area contributed by atoms with Gasteiger partial charge in [-0.3, -0.25) is 9.69 Å². The van der Waals surface area contributed by atoms with Gasteiger partial charge in [-0.05, 0) is 19.1 Å². The zero-order valence-corrected chi connectivity index (χ0v) is 14.2. The van der Waals surface area contributed by atoms with Gasteiger partial charge in [-0.15, -0.1) is 0 Å². The highest BCUT2D eigenvalue weighted by Crippen LogP contribution is 2.12. The van der Waals surface area contributed by atoms with Gasteiger partial charge in [-0.1, -0.05) is 18.2 Å².